The lowest BCUT2D eigenvalue weighted by molar-refractivity contribution is -0.0622. The van der Waals surface area contributed by atoms with E-state index >= 15 is 0 Å². The summed E-state index contributed by atoms with van der Waals surface area (Å²) in [6.07, 6.45) is 0.164. The Hall–Kier alpha value is -0.0631. The van der Waals surface area contributed by atoms with Gasteiger partial charge in [-0.15, -0.1) is 0 Å². The summed E-state index contributed by atoms with van der Waals surface area (Å²) in [4.78, 5) is 0. The highest BCUT2D eigenvalue weighted by Crippen LogP contribution is 2.26. The molecule has 0 bridgehead atoms. The summed E-state index contributed by atoms with van der Waals surface area (Å²) in [7, 11) is 3.10. The fraction of sp³-hybridized carbons (Fsp3) is 1.00. The van der Waals surface area contributed by atoms with Gasteiger partial charge in [0.25, 0.3) is 0 Å². The highest BCUT2D eigenvalue weighted by Gasteiger charge is 2.53. The van der Waals surface area contributed by atoms with Gasteiger partial charge in [-0.25, -0.2) is 0 Å². The Morgan fingerprint density at radius 2 is 1.76 bits per heavy atom. The third-order valence-electron chi connectivity index (χ3n) is 3.77. The molecule has 1 saturated heterocycles. The van der Waals surface area contributed by atoms with Crippen LogP contribution in [0.25, 0.3) is 0 Å². The SMILES string of the molecule is CCC(O)C(COCC1CO1)C(OC)[Si](OC)(OC)OC. The van der Waals surface area contributed by atoms with E-state index in [1.807, 2.05) is 6.92 Å². The van der Waals surface area contributed by atoms with Crippen molar-refractivity contribution in [1.29, 1.82) is 0 Å². The third kappa shape index (κ3) is 4.97. The van der Waals surface area contributed by atoms with E-state index in [0.29, 0.717) is 19.6 Å². The van der Waals surface area contributed by atoms with Gasteiger partial charge in [-0.1, -0.05) is 6.92 Å². The topological polar surface area (TPSA) is 78.9 Å². The lowest BCUT2D eigenvalue weighted by Crippen LogP contribution is -2.60. The van der Waals surface area contributed by atoms with Gasteiger partial charge in [0.2, 0.25) is 0 Å². The maximum atomic E-state index is 10.3. The second-order valence-electron chi connectivity index (χ2n) is 5.00. The summed E-state index contributed by atoms with van der Waals surface area (Å²) < 4.78 is 32.8. The quantitative estimate of drug-likeness (QED) is 0.406. The van der Waals surface area contributed by atoms with Gasteiger partial charge in [-0.05, 0) is 6.42 Å². The van der Waals surface area contributed by atoms with Crippen LogP contribution in [0.5, 0.6) is 0 Å². The van der Waals surface area contributed by atoms with Gasteiger partial charge in [0, 0.05) is 34.4 Å². The highest BCUT2D eigenvalue weighted by molar-refractivity contribution is 6.62. The molecule has 21 heavy (non-hydrogen) atoms. The second kappa shape index (κ2) is 9.16. The van der Waals surface area contributed by atoms with E-state index in [1.165, 1.54) is 21.3 Å². The summed E-state index contributed by atoms with van der Waals surface area (Å²) in [5, 5.41) is 10.3. The Morgan fingerprint density at radius 3 is 2.14 bits per heavy atom. The van der Waals surface area contributed by atoms with E-state index in [0.717, 1.165) is 6.61 Å². The molecule has 0 amide bonds. The van der Waals surface area contributed by atoms with Crippen molar-refractivity contribution in [2.45, 2.75) is 31.3 Å². The van der Waals surface area contributed by atoms with Crippen molar-refractivity contribution in [3.8, 4) is 0 Å². The minimum absolute atomic E-state index is 0.180. The van der Waals surface area contributed by atoms with Crippen molar-refractivity contribution in [2.24, 2.45) is 5.92 Å². The lowest BCUT2D eigenvalue weighted by atomic mass is 10.0. The Morgan fingerprint density at radius 1 is 1.19 bits per heavy atom. The maximum absolute atomic E-state index is 10.3. The van der Waals surface area contributed by atoms with Crippen LogP contribution in [0.4, 0.5) is 0 Å². The first-order valence-electron chi connectivity index (χ1n) is 7.14. The molecule has 7 nitrogen and oxygen atoms in total. The second-order valence-corrected chi connectivity index (χ2v) is 8.01. The first kappa shape index (κ1) is 19.0. The highest BCUT2D eigenvalue weighted by atomic mass is 28.4. The number of aliphatic hydroxyl groups excluding tert-OH is 1. The summed E-state index contributed by atoms with van der Waals surface area (Å²) >= 11 is 0. The van der Waals surface area contributed by atoms with Crippen LogP contribution in [0.3, 0.4) is 0 Å². The Labute approximate surface area is 127 Å². The van der Waals surface area contributed by atoms with Crippen LogP contribution in [0.1, 0.15) is 13.3 Å². The molecule has 0 aliphatic carbocycles. The minimum Gasteiger partial charge on any atom is -0.393 e. The molecule has 4 atom stereocenters. The first-order chi connectivity index (χ1) is 10.1. The van der Waals surface area contributed by atoms with Crippen LogP contribution in [-0.4, -0.2) is 80.1 Å². The molecular weight excluding hydrogens is 296 g/mol. The summed E-state index contributed by atoms with van der Waals surface area (Å²) in [6.45, 7) is 3.49. The number of aliphatic hydroxyl groups is 1. The van der Waals surface area contributed by atoms with Crippen molar-refractivity contribution < 1.29 is 32.6 Å². The van der Waals surface area contributed by atoms with Crippen molar-refractivity contribution in [2.75, 3.05) is 48.3 Å². The number of ether oxygens (including phenoxy) is 3. The van der Waals surface area contributed by atoms with Gasteiger partial charge >= 0.3 is 8.80 Å². The molecule has 1 rings (SSSR count). The average molecular weight is 324 g/mol. The Kier molecular flexibility index (Phi) is 8.28. The molecular formula is C13H28O7Si. The first-order valence-corrected chi connectivity index (χ1v) is 8.94. The minimum atomic E-state index is -3.04. The van der Waals surface area contributed by atoms with Crippen LogP contribution in [0, 0.1) is 5.92 Å². The molecule has 1 heterocycles. The third-order valence-corrected chi connectivity index (χ3v) is 6.84. The number of methoxy groups -OCH3 is 1. The zero-order chi connectivity index (χ0) is 15.9. The van der Waals surface area contributed by atoms with Crippen molar-refractivity contribution in [3.63, 3.8) is 0 Å². The van der Waals surface area contributed by atoms with Gasteiger partial charge in [0.05, 0.1) is 25.9 Å². The maximum Gasteiger partial charge on any atom is 0.531 e. The normalized spacial score (nSPS) is 22.9. The smallest absolute Gasteiger partial charge is 0.393 e. The molecule has 0 aromatic rings. The molecule has 0 saturated carbocycles. The van der Waals surface area contributed by atoms with Gasteiger partial charge in [0.15, 0.2) is 0 Å². The number of hydrogen-bond donors (Lipinski definition) is 1. The molecule has 1 N–H and O–H groups in total. The summed E-state index contributed by atoms with van der Waals surface area (Å²) in [6, 6.07) is 0. The number of rotatable bonds is 12. The van der Waals surface area contributed by atoms with E-state index in [2.05, 4.69) is 0 Å². The Balaban J connectivity index is 2.78. The van der Waals surface area contributed by atoms with Crippen LogP contribution in [-0.2, 0) is 27.5 Å². The van der Waals surface area contributed by atoms with Gasteiger partial charge in [0.1, 0.15) is 11.8 Å². The molecule has 8 heteroatoms. The standard InChI is InChI=1S/C13H28O7Si/c1-6-12(14)11(9-19-7-10-8-20-10)13(15-2)21(16-3,17-4)18-5/h10-14H,6-9H2,1-5H3. The molecule has 0 aromatic heterocycles. The van der Waals surface area contributed by atoms with Crippen LogP contribution >= 0.6 is 0 Å². The monoisotopic (exact) mass is 324 g/mol. The van der Waals surface area contributed by atoms with Crippen LogP contribution in [0.15, 0.2) is 0 Å². The lowest BCUT2D eigenvalue weighted by Gasteiger charge is -2.37. The zero-order valence-electron chi connectivity index (χ0n) is 13.5. The van der Waals surface area contributed by atoms with E-state index in [1.54, 1.807) is 7.11 Å². The predicted octanol–water partition coefficient (Wildman–Crippen LogP) is 0.221. The van der Waals surface area contributed by atoms with Gasteiger partial charge < -0.3 is 32.6 Å². The van der Waals surface area contributed by atoms with Gasteiger partial charge in [-0.2, -0.15) is 0 Å². The molecule has 4 unspecified atom stereocenters. The number of epoxide rings is 1. The van der Waals surface area contributed by atoms with E-state index < -0.39 is 20.6 Å². The summed E-state index contributed by atoms with van der Waals surface area (Å²) in [5.74, 6) is -0.301. The molecule has 0 spiro atoms. The van der Waals surface area contributed by atoms with E-state index in [4.69, 9.17) is 27.5 Å². The number of hydrogen-bond acceptors (Lipinski definition) is 7. The Bertz CT molecular complexity index is 275. The molecule has 126 valence electrons. The van der Waals surface area contributed by atoms with Crippen molar-refractivity contribution in [1.82, 2.24) is 0 Å². The largest absolute Gasteiger partial charge is 0.531 e. The summed E-state index contributed by atoms with van der Waals surface area (Å²) in [5.41, 5.74) is -0.507. The molecule has 1 aliphatic heterocycles. The zero-order valence-corrected chi connectivity index (χ0v) is 14.5. The van der Waals surface area contributed by atoms with E-state index in [-0.39, 0.29) is 12.0 Å². The van der Waals surface area contributed by atoms with E-state index in [9.17, 15) is 5.11 Å². The molecule has 1 fully saturated rings. The van der Waals surface area contributed by atoms with Crippen LogP contribution < -0.4 is 0 Å². The fourth-order valence-corrected chi connectivity index (χ4v) is 4.71. The average Bonchev–Trinajstić information content (AvgIpc) is 3.34. The van der Waals surface area contributed by atoms with Crippen molar-refractivity contribution in [3.05, 3.63) is 0 Å². The molecule has 0 aromatic carbocycles. The van der Waals surface area contributed by atoms with Crippen molar-refractivity contribution >= 4 is 8.80 Å². The van der Waals surface area contributed by atoms with Gasteiger partial charge in [-0.3, -0.25) is 0 Å². The molecule has 1 aliphatic rings. The fourth-order valence-electron chi connectivity index (χ4n) is 2.38. The predicted molar refractivity (Wildman–Crippen MR) is 77.9 cm³/mol. The van der Waals surface area contributed by atoms with Crippen LogP contribution in [0.2, 0.25) is 0 Å². The molecule has 0 radical (unpaired) electrons.